The molecule has 0 atom stereocenters. The molecule has 0 spiro atoms. The third-order valence-electron chi connectivity index (χ3n) is 6.85. The summed E-state index contributed by atoms with van der Waals surface area (Å²) in [5, 5.41) is 0. The molecule has 0 aromatic heterocycles. The van der Waals surface area contributed by atoms with Crippen molar-refractivity contribution in [2.75, 3.05) is 33.5 Å². The van der Waals surface area contributed by atoms with Crippen molar-refractivity contribution in [1.82, 2.24) is 0 Å². The summed E-state index contributed by atoms with van der Waals surface area (Å²) in [5.41, 5.74) is -0.157. The van der Waals surface area contributed by atoms with Gasteiger partial charge in [0.2, 0.25) is 0 Å². The van der Waals surface area contributed by atoms with Crippen molar-refractivity contribution in [3.63, 3.8) is 0 Å². The fourth-order valence-corrected chi connectivity index (χ4v) is 3.90. The van der Waals surface area contributed by atoms with Crippen LogP contribution in [0.1, 0.15) is 52.7 Å². The predicted octanol–water partition coefficient (Wildman–Crippen LogP) is 5.25. The van der Waals surface area contributed by atoms with E-state index in [1.54, 1.807) is 45.2 Å². The van der Waals surface area contributed by atoms with Crippen LogP contribution in [-0.2, 0) is 28.5 Å². The van der Waals surface area contributed by atoms with Gasteiger partial charge in [0.15, 0.2) is 11.6 Å². The highest BCUT2D eigenvalue weighted by molar-refractivity contribution is 5.80. The molecule has 2 heterocycles. The largest absolute Gasteiger partial charge is 0.497 e. The maximum absolute atomic E-state index is 13.0. The summed E-state index contributed by atoms with van der Waals surface area (Å²) in [5.74, 6) is -0.978. The molecule has 2 aromatic carbocycles. The number of hydrogen-bond acceptors (Lipinski definition) is 9. The molecule has 0 bridgehead atoms. The Morgan fingerprint density at radius 3 is 1.52 bits per heavy atom. The van der Waals surface area contributed by atoms with E-state index in [-0.39, 0.29) is 26.4 Å². The van der Waals surface area contributed by atoms with Crippen LogP contribution in [-0.4, -0.2) is 57.1 Å². The first-order chi connectivity index (χ1) is 18.7. The second kappa shape index (κ2) is 11.3. The van der Waals surface area contributed by atoms with Gasteiger partial charge >= 0.3 is 11.9 Å². The molecule has 4 rings (SSSR count). The summed E-state index contributed by atoms with van der Waals surface area (Å²) in [7, 11) is 1.55. The van der Waals surface area contributed by atoms with E-state index < -0.39 is 34.3 Å². The first-order valence-electron chi connectivity index (χ1n) is 13.2. The van der Waals surface area contributed by atoms with Gasteiger partial charge in [-0.15, -0.1) is 0 Å². The minimum atomic E-state index is -0.926. The molecular weight excluding hydrogens is 516 g/mol. The van der Waals surface area contributed by atoms with Crippen molar-refractivity contribution in [1.29, 1.82) is 0 Å². The number of esters is 2. The van der Waals surface area contributed by atoms with Gasteiger partial charge < -0.3 is 33.2 Å². The normalized spacial score (nSPS) is 21.0. The second-order valence-electron chi connectivity index (χ2n) is 11.7. The molecule has 40 heavy (non-hydrogen) atoms. The van der Waals surface area contributed by atoms with Crippen LogP contribution in [0.4, 0.5) is 0 Å². The molecule has 2 saturated heterocycles. The fraction of sp³-hybridized carbons (Fsp3) is 0.484. The summed E-state index contributed by atoms with van der Waals surface area (Å²) >= 11 is 0. The second-order valence-corrected chi connectivity index (χ2v) is 11.7. The van der Waals surface area contributed by atoms with Crippen LogP contribution < -0.4 is 14.2 Å². The summed E-state index contributed by atoms with van der Waals surface area (Å²) in [6.07, 6.45) is 3.77. The lowest BCUT2D eigenvalue weighted by molar-refractivity contribution is -0.280. The monoisotopic (exact) mass is 554 g/mol. The number of benzene rings is 2. The van der Waals surface area contributed by atoms with Crippen molar-refractivity contribution in [2.45, 2.75) is 53.1 Å². The Kier molecular flexibility index (Phi) is 8.42. The highest BCUT2D eigenvalue weighted by Crippen LogP contribution is 2.33. The molecule has 0 saturated carbocycles. The van der Waals surface area contributed by atoms with E-state index in [0.29, 0.717) is 17.2 Å². The molecule has 0 aliphatic carbocycles. The molecule has 2 aromatic rings. The Balaban J connectivity index is 1.39. The fourth-order valence-electron chi connectivity index (χ4n) is 3.90. The van der Waals surface area contributed by atoms with Crippen LogP contribution in [0.3, 0.4) is 0 Å². The number of carbonyl (C=O) groups is 2. The van der Waals surface area contributed by atoms with Crippen LogP contribution >= 0.6 is 0 Å². The van der Waals surface area contributed by atoms with Gasteiger partial charge in [-0.1, -0.05) is 24.3 Å². The van der Waals surface area contributed by atoms with Gasteiger partial charge in [0, 0.05) is 6.07 Å². The smallest absolute Gasteiger partial charge is 0.321 e. The lowest BCUT2D eigenvalue weighted by Gasteiger charge is -2.39. The molecule has 2 fully saturated rings. The third kappa shape index (κ3) is 7.28. The van der Waals surface area contributed by atoms with E-state index in [4.69, 9.17) is 33.2 Å². The first-order valence-corrected chi connectivity index (χ1v) is 13.2. The quantitative estimate of drug-likeness (QED) is 0.258. The van der Waals surface area contributed by atoms with Gasteiger partial charge in [0.25, 0.3) is 0 Å². The highest BCUT2D eigenvalue weighted by atomic mass is 16.7. The number of rotatable bonds is 7. The van der Waals surface area contributed by atoms with Crippen LogP contribution in [0.2, 0.25) is 0 Å². The van der Waals surface area contributed by atoms with E-state index in [1.165, 1.54) is 0 Å². The molecule has 9 heteroatoms. The van der Waals surface area contributed by atoms with Crippen LogP contribution in [0, 0.1) is 10.8 Å². The van der Waals surface area contributed by atoms with E-state index in [1.807, 2.05) is 58.0 Å². The topological polar surface area (TPSA) is 98.8 Å². The van der Waals surface area contributed by atoms with E-state index >= 15 is 0 Å². The Labute approximate surface area is 235 Å². The van der Waals surface area contributed by atoms with Crippen LogP contribution in [0.5, 0.6) is 17.2 Å². The molecule has 2 aliphatic heterocycles. The summed E-state index contributed by atoms with van der Waals surface area (Å²) in [6.45, 7) is 11.6. The summed E-state index contributed by atoms with van der Waals surface area (Å²) in [6, 6.07) is 12.4. The van der Waals surface area contributed by atoms with E-state index in [2.05, 4.69) is 0 Å². The van der Waals surface area contributed by atoms with E-state index in [9.17, 15) is 9.59 Å². The molecule has 0 radical (unpaired) electrons. The Hall–Kier alpha value is -3.24. The molecule has 0 amide bonds. The van der Waals surface area contributed by atoms with Gasteiger partial charge in [-0.2, -0.15) is 0 Å². The van der Waals surface area contributed by atoms with Crippen molar-refractivity contribution in [3.8, 4) is 17.2 Å². The lowest BCUT2D eigenvalue weighted by atomic mass is 9.92. The lowest BCUT2D eigenvalue weighted by Crippen LogP contribution is -2.50. The Bertz CT molecular complexity index is 1240. The van der Waals surface area contributed by atoms with Crippen molar-refractivity contribution >= 4 is 24.1 Å². The maximum Gasteiger partial charge on any atom is 0.321 e. The van der Waals surface area contributed by atoms with Crippen molar-refractivity contribution in [3.05, 3.63) is 53.6 Å². The number of hydrogen-bond donors (Lipinski definition) is 0. The van der Waals surface area contributed by atoms with Crippen LogP contribution in [0.15, 0.2) is 42.5 Å². The average Bonchev–Trinajstić information content (AvgIpc) is 2.91. The Morgan fingerprint density at radius 1 is 0.625 bits per heavy atom. The summed E-state index contributed by atoms with van der Waals surface area (Å²) < 4.78 is 39.3. The maximum atomic E-state index is 13.0. The molecular formula is C31H38O9. The van der Waals surface area contributed by atoms with Gasteiger partial charge in [-0.3, -0.25) is 9.59 Å². The zero-order valence-electron chi connectivity index (χ0n) is 24.2. The van der Waals surface area contributed by atoms with Gasteiger partial charge in [0.1, 0.15) is 28.1 Å². The first kappa shape index (κ1) is 29.7. The van der Waals surface area contributed by atoms with Gasteiger partial charge in [-0.05, 0) is 76.9 Å². The molecule has 216 valence electrons. The van der Waals surface area contributed by atoms with Gasteiger partial charge in [-0.25, -0.2) is 0 Å². The molecule has 2 aliphatic rings. The SMILES string of the molecule is COc1cc(C=Cc2ccc(OC(=O)C3(C)COC(C)(C)OC3)cc2)cc(OC(=O)C2(C)COC(C)(C)OC2)c1. The molecule has 9 nitrogen and oxygen atoms in total. The average molecular weight is 555 g/mol. The third-order valence-corrected chi connectivity index (χ3v) is 6.85. The number of ether oxygens (including phenoxy) is 7. The highest BCUT2D eigenvalue weighted by Gasteiger charge is 2.44. The number of methoxy groups -OCH3 is 1. The standard InChI is InChI=1S/C31H38O9/c1-28(2)35-17-30(5,18-36-28)26(32)39-23-12-10-21(11-13-23)8-9-22-14-24(34-7)16-25(15-22)40-27(33)31(6)19-37-29(3,4)38-20-31/h8-16H,17-20H2,1-7H3. The zero-order chi connectivity index (χ0) is 29.2. The predicted molar refractivity (Wildman–Crippen MR) is 148 cm³/mol. The summed E-state index contributed by atoms with van der Waals surface area (Å²) in [4.78, 5) is 25.7. The number of carbonyl (C=O) groups excluding carboxylic acids is 2. The van der Waals surface area contributed by atoms with Crippen LogP contribution in [0.25, 0.3) is 12.2 Å². The van der Waals surface area contributed by atoms with Gasteiger partial charge in [0.05, 0.1) is 33.5 Å². The molecule has 0 N–H and O–H groups in total. The van der Waals surface area contributed by atoms with Crippen molar-refractivity contribution in [2.24, 2.45) is 10.8 Å². The van der Waals surface area contributed by atoms with E-state index in [0.717, 1.165) is 11.1 Å². The molecule has 0 unspecified atom stereocenters. The Morgan fingerprint density at radius 2 is 1.05 bits per heavy atom. The minimum Gasteiger partial charge on any atom is -0.497 e. The van der Waals surface area contributed by atoms with Crippen molar-refractivity contribution < 1.29 is 42.7 Å². The minimum absolute atomic E-state index is 0.194. The zero-order valence-corrected chi connectivity index (χ0v) is 24.2.